The third-order valence-electron chi connectivity index (χ3n) is 6.28. The number of carbonyl (C=O) groups is 1. The molecule has 0 atom stereocenters. The van der Waals surface area contributed by atoms with E-state index in [-0.39, 0.29) is 29.6 Å². The van der Waals surface area contributed by atoms with Crippen LogP contribution in [0, 0.1) is 0 Å². The zero-order valence-corrected chi connectivity index (χ0v) is 26.1. The summed E-state index contributed by atoms with van der Waals surface area (Å²) in [6.45, 7) is 7.56. The zero-order chi connectivity index (χ0) is 24.7. The Balaban J connectivity index is -0.00000177. The quantitative estimate of drug-likeness (QED) is 0.107. The van der Waals surface area contributed by atoms with Gasteiger partial charge in [0.15, 0.2) is 0 Å². The number of carbonyl (C=O) groups excluding carboxylic acids is 1. The molecule has 0 fully saturated rings. The summed E-state index contributed by atoms with van der Waals surface area (Å²) in [5.41, 5.74) is 0. The summed E-state index contributed by atoms with van der Waals surface area (Å²) in [4.78, 5) is 8.89. The molecule has 0 aliphatic carbocycles. The minimum absolute atomic E-state index is 0. The molecule has 0 spiro atoms. The number of ether oxygens (including phenoxy) is 1. The van der Waals surface area contributed by atoms with E-state index in [0.29, 0.717) is 0 Å². The molecule has 200 valence electrons. The number of carboxylic acid groups (broad SMARTS) is 1. The van der Waals surface area contributed by atoms with Gasteiger partial charge in [-0.05, 0) is 19.8 Å². The van der Waals surface area contributed by atoms with Gasteiger partial charge in [0.2, 0.25) is 0 Å². The van der Waals surface area contributed by atoms with Gasteiger partial charge in [0.1, 0.15) is 0 Å². The van der Waals surface area contributed by atoms with Gasteiger partial charge in [-0.2, -0.15) is 0 Å². The molecule has 0 aromatic carbocycles. The van der Waals surface area contributed by atoms with Crippen molar-refractivity contribution < 1.29 is 44.2 Å². The van der Waals surface area contributed by atoms with Crippen LogP contribution in [0.5, 0.6) is 0 Å². The van der Waals surface area contributed by atoms with E-state index < -0.39 is 5.97 Å². The van der Waals surface area contributed by atoms with Crippen LogP contribution < -0.4 is 34.7 Å². The predicted molar refractivity (Wildman–Crippen MR) is 144 cm³/mol. The summed E-state index contributed by atoms with van der Waals surface area (Å²) in [7, 11) is 0. The first-order chi connectivity index (χ1) is 16.1. The molecule has 0 amide bonds. The van der Waals surface area contributed by atoms with Gasteiger partial charge in [-0.15, -0.1) is 0 Å². The number of hydrogen-bond acceptors (Lipinski definition) is 3. The second-order valence-corrected chi connectivity index (χ2v) is 9.88. The first-order valence-electron chi connectivity index (χ1n) is 14.9. The number of carboxylic acids is 1. The van der Waals surface area contributed by atoms with Crippen LogP contribution in [0.2, 0.25) is 0 Å². The Hall–Kier alpha value is 0.430. The molecule has 0 saturated heterocycles. The second kappa shape index (κ2) is 38.0. The minimum Gasteiger partial charge on any atom is -0.550 e. The van der Waals surface area contributed by atoms with Gasteiger partial charge in [-0.25, -0.2) is 0 Å². The van der Waals surface area contributed by atoms with Crippen LogP contribution in [0.3, 0.4) is 0 Å². The van der Waals surface area contributed by atoms with Crippen molar-refractivity contribution in [1.29, 1.82) is 0 Å². The van der Waals surface area contributed by atoms with Crippen LogP contribution in [-0.2, 0) is 9.53 Å². The fourth-order valence-electron chi connectivity index (χ4n) is 4.19. The Kier molecular flexibility index (Phi) is 43.5. The van der Waals surface area contributed by atoms with Crippen molar-refractivity contribution in [3.8, 4) is 0 Å². The molecular formula is C30H61NaO3. The summed E-state index contributed by atoms with van der Waals surface area (Å²) < 4.78 is 5.82. The first-order valence-corrected chi connectivity index (χ1v) is 14.9. The molecule has 34 heavy (non-hydrogen) atoms. The molecule has 0 N–H and O–H groups in total. The Morgan fingerprint density at radius 1 is 0.471 bits per heavy atom. The largest absolute Gasteiger partial charge is 1.00 e. The average Bonchev–Trinajstić information content (AvgIpc) is 2.79. The molecule has 0 aromatic rings. The van der Waals surface area contributed by atoms with Gasteiger partial charge in [-0.1, -0.05) is 155 Å². The Labute approximate surface area is 237 Å². The normalized spacial score (nSPS) is 10.4. The Morgan fingerprint density at radius 2 is 0.647 bits per heavy atom. The topological polar surface area (TPSA) is 49.4 Å². The third-order valence-corrected chi connectivity index (χ3v) is 6.28. The van der Waals surface area contributed by atoms with E-state index in [2.05, 4.69) is 13.8 Å². The summed E-state index contributed by atoms with van der Waals surface area (Å²) in [5.74, 6) is -1.08. The van der Waals surface area contributed by atoms with Crippen LogP contribution in [-0.4, -0.2) is 19.2 Å². The molecule has 0 aromatic heterocycles. The van der Waals surface area contributed by atoms with Gasteiger partial charge in [0.25, 0.3) is 0 Å². The van der Waals surface area contributed by atoms with Gasteiger partial charge in [0, 0.05) is 19.2 Å². The van der Waals surface area contributed by atoms with Gasteiger partial charge in [0.05, 0.1) is 0 Å². The molecule has 0 saturated carbocycles. The van der Waals surface area contributed by atoms with Crippen molar-refractivity contribution in [2.45, 2.75) is 175 Å². The van der Waals surface area contributed by atoms with E-state index in [9.17, 15) is 0 Å². The summed E-state index contributed by atoms with van der Waals surface area (Å²) in [6.07, 6.45) is 34.1. The van der Waals surface area contributed by atoms with E-state index >= 15 is 0 Å². The van der Waals surface area contributed by atoms with Crippen LogP contribution >= 0.6 is 0 Å². The maximum absolute atomic E-state index is 8.89. The number of aliphatic carboxylic acids is 1. The Morgan fingerprint density at radius 3 is 0.853 bits per heavy atom. The van der Waals surface area contributed by atoms with Crippen molar-refractivity contribution in [3.05, 3.63) is 0 Å². The van der Waals surface area contributed by atoms with Crippen LogP contribution in [0.15, 0.2) is 0 Å². The molecular weight excluding hydrogens is 431 g/mol. The molecule has 0 radical (unpaired) electrons. The summed E-state index contributed by atoms with van der Waals surface area (Å²) in [6, 6.07) is 0. The van der Waals surface area contributed by atoms with Crippen LogP contribution in [0.4, 0.5) is 0 Å². The second-order valence-electron chi connectivity index (χ2n) is 9.88. The van der Waals surface area contributed by atoms with E-state index in [4.69, 9.17) is 14.6 Å². The molecule has 0 heterocycles. The molecule has 0 bridgehead atoms. The molecule has 4 heteroatoms. The molecule has 0 aliphatic heterocycles. The van der Waals surface area contributed by atoms with E-state index in [1.165, 1.54) is 154 Å². The third kappa shape index (κ3) is 45.9. The Bertz CT molecular complexity index is 320. The maximum atomic E-state index is 8.89. The van der Waals surface area contributed by atoms with Gasteiger partial charge >= 0.3 is 29.6 Å². The fraction of sp³-hybridized carbons (Fsp3) is 0.967. The van der Waals surface area contributed by atoms with Gasteiger partial charge < -0.3 is 14.6 Å². The number of unbranched alkanes of at least 4 members (excludes halogenated alkanes) is 22. The van der Waals surface area contributed by atoms with Crippen molar-refractivity contribution in [2.24, 2.45) is 0 Å². The van der Waals surface area contributed by atoms with Crippen LogP contribution in [0.1, 0.15) is 175 Å². The first kappa shape index (κ1) is 39.0. The van der Waals surface area contributed by atoms with Gasteiger partial charge in [-0.3, -0.25) is 0 Å². The van der Waals surface area contributed by atoms with Crippen molar-refractivity contribution in [1.82, 2.24) is 0 Å². The van der Waals surface area contributed by atoms with E-state index in [1.54, 1.807) is 0 Å². The average molecular weight is 493 g/mol. The zero-order valence-electron chi connectivity index (χ0n) is 24.1. The fourth-order valence-corrected chi connectivity index (χ4v) is 4.19. The van der Waals surface area contributed by atoms with Crippen molar-refractivity contribution in [2.75, 3.05) is 13.2 Å². The smallest absolute Gasteiger partial charge is 0.550 e. The molecule has 0 rings (SSSR count). The molecule has 0 aliphatic rings. The molecule has 0 unspecified atom stereocenters. The maximum Gasteiger partial charge on any atom is 1.00 e. The standard InChI is InChI=1S/C28H58O.C2H4O2.Na/c1-3-5-7-9-11-13-15-17-19-21-23-25-27-29-28-26-24-22-20-18-16-14-12-10-8-6-4-2;1-2(3)4;/h3-28H2,1-2H3;1H3,(H,3,4);/q;;+1/p-1. The van der Waals surface area contributed by atoms with E-state index in [1.807, 2.05) is 0 Å². The summed E-state index contributed by atoms with van der Waals surface area (Å²) in [5, 5.41) is 8.89. The number of rotatable bonds is 26. The number of hydrogen-bond donors (Lipinski definition) is 0. The van der Waals surface area contributed by atoms with E-state index in [0.717, 1.165) is 20.1 Å². The van der Waals surface area contributed by atoms with Crippen molar-refractivity contribution in [3.63, 3.8) is 0 Å². The monoisotopic (exact) mass is 492 g/mol. The predicted octanol–water partition coefficient (Wildman–Crippen LogP) is 6.17. The van der Waals surface area contributed by atoms with Crippen molar-refractivity contribution >= 4 is 5.97 Å². The minimum atomic E-state index is -1.08. The molecule has 3 nitrogen and oxygen atoms in total. The summed E-state index contributed by atoms with van der Waals surface area (Å²) >= 11 is 0. The SMILES string of the molecule is CC(=O)[O-].CCCCCCCCCCCCCCOCCCCCCCCCCCCCC.[Na+]. The van der Waals surface area contributed by atoms with Crippen LogP contribution in [0.25, 0.3) is 0 Å².